The fraction of sp³-hybridized carbons (Fsp3) is 0.273. The number of rotatable bonds is 8. The number of benzene rings is 1. The van der Waals surface area contributed by atoms with Gasteiger partial charge in [0.2, 0.25) is 15.9 Å². The molecular formula is C11H14N2O6S. The first-order valence-electron chi connectivity index (χ1n) is 5.54. The van der Waals surface area contributed by atoms with Crippen LogP contribution in [0.25, 0.3) is 0 Å². The number of sulfonamides is 1. The first-order valence-corrected chi connectivity index (χ1v) is 7.02. The second kappa shape index (κ2) is 6.87. The predicted octanol–water partition coefficient (Wildman–Crippen LogP) is -0.696. The molecule has 0 spiro atoms. The second-order valence-electron chi connectivity index (χ2n) is 3.75. The Kier molecular flexibility index (Phi) is 5.47. The van der Waals surface area contributed by atoms with Crippen LogP contribution in [0.4, 0.5) is 0 Å². The molecule has 8 nitrogen and oxygen atoms in total. The minimum Gasteiger partial charge on any atom is -0.493 e. The topological polar surface area (TPSA) is 136 Å². The van der Waals surface area contributed by atoms with Crippen LogP contribution in [0.1, 0.15) is 6.42 Å². The molecule has 1 amide bonds. The van der Waals surface area contributed by atoms with Gasteiger partial charge in [0, 0.05) is 0 Å². The molecule has 0 aliphatic carbocycles. The minimum absolute atomic E-state index is 0.0125. The molecule has 0 fully saturated rings. The summed E-state index contributed by atoms with van der Waals surface area (Å²) in [6.07, 6.45) is -0.153. The summed E-state index contributed by atoms with van der Waals surface area (Å²) in [6.45, 7) is -0.499. The van der Waals surface area contributed by atoms with Gasteiger partial charge in [-0.2, -0.15) is 0 Å². The van der Waals surface area contributed by atoms with E-state index in [9.17, 15) is 18.0 Å². The fourth-order valence-corrected chi connectivity index (χ4v) is 2.21. The Morgan fingerprint density at radius 1 is 1.25 bits per heavy atom. The molecule has 0 heterocycles. The van der Waals surface area contributed by atoms with Crippen molar-refractivity contribution in [2.75, 3.05) is 13.2 Å². The average molecular weight is 302 g/mol. The Labute approximate surface area is 115 Å². The van der Waals surface area contributed by atoms with E-state index in [1.165, 1.54) is 24.3 Å². The lowest BCUT2D eigenvalue weighted by Gasteiger charge is -2.07. The van der Waals surface area contributed by atoms with E-state index in [0.717, 1.165) is 0 Å². The van der Waals surface area contributed by atoms with Crippen molar-refractivity contribution in [3.63, 3.8) is 0 Å². The number of ether oxygens (including phenoxy) is 1. The molecule has 0 saturated heterocycles. The van der Waals surface area contributed by atoms with E-state index in [2.05, 4.69) is 0 Å². The molecule has 0 bridgehead atoms. The molecule has 0 aromatic heterocycles. The quantitative estimate of drug-likeness (QED) is 0.581. The van der Waals surface area contributed by atoms with Crippen LogP contribution >= 0.6 is 0 Å². The third-order valence-electron chi connectivity index (χ3n) is 2.16. The third-order valence-corrected chi connectivity index (χ3v) is 3.57. The highest BCUT2D eigenvalue weighted by molar-refractivity contribution is 7.89. The first kappa shape index (κ1) is 15.9. The lowest BCUT2D eigenvalue weighted by molar-refractivity contribution is -0.137. The van der Waals surface area contributed by atoms with Crippen LogP contribution in [-0.2, 0) is 19.6 Å². The van der Waals surface area contributed by atoms with Crippen molar-refractivity contribution in [1.82, 2.24) is 4.72 Å². The number of amides is 1. The van der Waals surface area contributed by atoms with Gasteiger partial charge < -0.3 is 15.6 Å². The van der Waals surface area contributed by atoms with Gasteiger partial charge in [-0.15, -0.1) is 0 Å². The highest BCUT2D eigenvalue weighted by Crippen LogP contribution is 2.15. The normalized spacial score (nSPS) is 11.0. The Morgan fingerprint density at radius 2 is 1.85 bits per heavy atom. The minimum atomic E-state index is -3.81. The molecule has 1 aromatic carbocycles. The SMILES string of the molecule is NC(=O)CNS(=O)(=O)c1ccc(OCCC(=O)O)cc1. The molecule has 20 heavy (non-hydrogen) atoms. The Bertz CT molecular complexity index is 581. The first-order chi connectivity index (χ1) is 9.31. The zero-order valence-electron chi connectivity index (χ0n) is 10.4. The Balaban J connectivity index is 2.65. The molecule has 1 aromatic rings. The van der Waals surface area contributed by atoms with E-state index < -0.39 is 28.4 Å². The van der Waals surface area contributed by atoms with Crippen molar-refractivity contribution < 1.29 is 27.9 Å². The summed E-state index contributed by atoms with van der Waals surface area (Å²) < 4.78 is 30.6. The largest absolute Gasteiger partial charge is 0.493 e. The summed E-state index contributed by atoms with van der Waals surface area (Å²) in [5.74, 6) is -1.43. The highest BCUT2D eigenvalue weighted by Gasteiger charge is 2.14. The van der Waals surface area contributed by atoms with Crippen LogP contribution in [0, 0.1) is 0 Å². The maximum Gasteiger partial charge on any atom is 0.306 e. The number of nitrogens with two attached hydrogens (primary N) is 1. The second-order valence-corrected chi connectivity index (χ2v) is 5.52. The summed E-state index contributed by atoms with van der Waals surface area (Å²) in [6, 6.07) is 5.33. The van der Waals surface area contributed by atoms with Crippen molar-refractivity contribution in [1.29, 1.82) is 0 Å². The van der Waals surface area contributed by atoms with Gasteiger partial charge in [0.1, 0.15) is 5.75 Å². The lowest BCUT2D eigenvalue weighted by Crippen LogP contribution is -2.33. The Hall–Kier alpha value is -2.13. The number of carbonyl (C=O) groups excluding carboxylic acids is 1. The molecule has 1 rings (SSSR count). The molecule has 0 aliphatic heterocycles. The van der Waals surface area contributed by atoms with Gasteiger partial charge in [-0.3, -0.25) is 9.59 Å². The van der Waals surface area contributed by atoms with E-state index in [-0.39, 0.29) is 17.9 Å². The molecule has 0 unspecified atom stereocenters. The molecule has 110 valence electrons. The third kappa shape index (κ3) is 5.24. The molecule has 0 radical (unpaired) electrons. The standard InChI is InChI=1S/C11H14N2O6S/c12-10(14)7-13-20(17,18)9-3-1-8(2-4-9)19-6-5-11(15)16/h1-4,13H,5-7H2,(H2,12,14)(H,15,16). The van der Waals surface area contributed by atoms with Crippen molar-refractivity contribution in [3.8, 4) is 5.75 Å². The average Bonchev–Trinajstić information content (AvgIpc) is 2.37. The lowest BCUT2D eigenvalue weighted by atomic mass is 10.3. The van der Waals surface area contributed by atoms with Crippen molar-refractivity contribution in [3.05, 3.63) is 24.3 Å². The van der Waals surface area contributed by atoms with Crippen LogP contribution in [0.5, 0.6) is 5.75 Å². The molecule has 9 heteroatoms. The van der Waals surface area contributed by atoms with E-state index in [1.54, 1.807) is 0 Å². The van der Waals surface area contributed by atoms with Gasteiger partial charge >= 0.3 is 5.97 Å². The summed E-state index contributed by atoms with van der Waals surface area (Å²) in [7, 11) is -3.81. The summed E-state index contributed by atoms with van der Waals surface area (Å²) >= 11 is 0. The van der Waals surface area contributed by atoms with Crippen molar-refractivity contribution in [2.45, 2.75) is 11.3 Å². The van der Waals surface area contributed by atoms with Gasteiger partial charge in [-0.25, -0.2) is 13.1 Å². The maximum absolute atomic E-state index is 11.7. The van der Waals surface area contributed by atoms with Crippen LogP contribution in [0.3, 0.4) is 0 Å². The van der Waals surface area contributed by atoms with E-state index in [4.69, 9.17) is 15.6 Å². The number of primary amides is 1. The van der Waals surface area contributed by atoms with E-state index in [0.29, 0.717) is 5.75 Å². The number of hydrogen-bond donors (Lipinski definition) is 3. The van der Waals surface area contributed by atoms with Crippen LogP contribution in [0.2, 0.25) is 0 Å². The van der Waals surface area contributed by atoms with E-state index in [1.807, 2.05) is 4.72 Å². The van der Waals surface area contributed by atoms with E-state index >= 15 is 0 Å². The molecule has 4 N–H and O–H groups in total. The van der Waals surface area contributed by atoms with Gasteiger partial charge in [0.05, 0.1) is 24.5 Å². The van der Waals surface area contributed by atoms with Crippen LogP contribution < -0.4 is 15.2 Å². The molecular weight excluding hydrogens is 288 g/mol. The molecule has 0 saturated carbocycles. The zero-order chi connectivity index (χ0) is 15.2. The smallest absolute Gasteiger partial charge is 0.306 e. The van der Waals surface area contributed by atoms with Crippen molar-refractivity contribution >= 4 is 21.9 Å². The number of hydrogen-bond acceptors (Lipinski definition) is 5. The number of nitrogens with one attached hydrogen (secondary N) is 1. The van der Waals surface area contributed by atoms with Gasteiger partial charge in [-0.05, 0) is 24.3 Å². The number of aliphatic carboxylic acids is 1. The number of carboxylic acid groups (broad SMARTS) is 1. The maximum atomic E-state index is 11.7. The van der Waals surface area contributed by atoms with Crippen LogP contribution in [0.15, 0.2) is 29.2 Å². The number of carboxylic acids is 1. The van der Waals surface area contributed by atoms with Gasteiger partial charge in [0.15, 0.2) is 0 Å². The molecule has 0 aliphatic rings. The zero-order valence-corrected chi connectivity index (χ0v) is 11.2. The molecule has 0 atom stereocenters. The summed E-state index contributed by atoms with van der Waals surface area (Å²) in [5.41, 5.74) is 4.85. The summed E-state index contributed by atoms with van der Waals surface area (Å²) in [5, 5.41) is 8.44. The van der Waals surface area contributed by atoms with Crippen molar-refractivity contribution in [2.24, 2.45) is 5.73 Å². The number of carbonyl (C=O) groups is 2. The fourth-order valence-electron chi connectivity index (χ4n) is 1.22. The van der Waals surface area contributed by atoms with Gasteiger partial charge in [-0.1, -0.05) is 0 Å². The summed E-state index contributed by atoms with van der Waals surface area (Å²) in [4.78, 5) is 20.8. The Morgan fingerprint density at radius 3 is 2.35 bits per heavy atom. The highest BCUT2D eigenvalue weighted by atomic mass is 32.2. The predicted molar refractivity (Wildman–Crippen MR) is 68.6 cm³/mol. The van der Waals surface area contributed by atoms with Crippen LogP contribution in [-0.4, -0.2) is 38.6 Å². The monoisotopic (exact) mass is 302 g/mol. The van der Waals surface area contributed by atoms with Gasteiger partial charge in [0.25, 0.3) is 0 Å².